The van der Waals surface area contributed by atoms with Crippen molar-refractivity contribution in [3.63, 3.8) is 0 Å². The molecule has 0 spiro atoms. The van der Waals surface area contributed by atoms with Crippen LogP contribution in [0, 0.1) is 6.92 Å². The molecule has 1 unspecified atom stereocenters. The molecule has 1 saturated heterocycles. The summed E-state index contributed by atoms with van der Waals surface area (Å²) in [5.41, 5.74) is 7.61. The molecule has 1 aromatic rings. The molecule has 4 heteroatoms. The molecule has 0 aromatic heterocycles. The summed E-state index contributed by atoms with van der Waals surface area (Å²) in [6.07, 6.45) is 1.72. The van der Waals surface area contributed by atoms with E-state index in [2.05, 4.69) is 0 Å². The average molecular weight is 239 g/mol. The summed E-state index contributed by atoms with van der Waals surface area (Å²) < 4.78 is 0. The number of anilines is 1. The molecule has 1 atom stereocenters. The molecule has 3 nitrogen and oxygen atoms in total. The summed E-state index contributed by atoms with van der Waals surface area (Å²) in [5.74, 6) is -0.00818. The van der Waals surface area contributed by atoms with Gasteiger partial charge in [-0.05, 0) is 37.5 Å². The van der Waals surface area contributed by atoms with Gasteiger partial charge in [0.2, 0.25) is 5.91 Å². The van der Waals surface area contributed by atoms with E-state index in [4.69, 9.17) is 17.3 Å². The molecule has 1 amide bonds. The predicted octanol–water partition coefficient (Wildman–Crippen LogP) is 2.10. The van der Waals surface area contributed by atoms with Crippen LogP contribution < -0.4 is 10.6 Å². The fourth-order valence-corrected chi connectivity index (χ4v) is 2.08. The Kier molecular flexibility index (Phi) is 3.17. The van der Waals surface area contributed by atoms with Crippen molar-refractivity contribution in [2.24, 2.45) is 5.73 Å². The van der Waals surface area contributed by atoms with Crippen molar-refractivity contribution in [3.05, 3.63) is 28.8 Å². The quantitative estimate of drug-likeness (QED) is 0.815. The normalized spacial score (nSPS) is 21.3. The molecule has 1 fully saturated rings. The van der Waals surface area contributed by atoms with Crippen LogP contribution in [0.25, 0.3) is 0 Å². The summed E-state index contributed by atoms with van der Waals surface area (Å²) in [7, 11) is 0. The van der Waals surface area contributed by atoms with E-state index >= 15 is 0 Å². The Labute approximate surface area is 100 Å². The number of hydrogen-bond donors (Lipinski definition) is 1. The topological polar surface area (TPSA) is 46.3 Å². The second kappa shape index (κ2) is 4.44. The number of aryl methyl sites for hydroxylation is 1. The molecule has 2 rings (SSSR count). The van der Waals surface area contributed by atoms with Crippen LogP contribution in [0.15, 0.2) is 18.2 Å². The molecule has 2 N–H and O–H groups in total. The van der Waals surface area contributed by atoms with Crippen LogP contribution in [-0.4, -0.2) is 18.5 Å². The van der Waals surface area contributed by atoms with Gasteiger partial charge in [-0.2, -0.15) is 0 Å². The van der Waals surface area contributed by atoms with Crippen molar-refractivity contribution in [2.45, 2.75) is 25.8 Å². The van der Waals surface area contributed by atoms with Gasteiger partial charge in [0.1, 0.15) is 0 Å². The molecule has 0 aliphatic carbocycles. The van der Waals surface area contributed by atoms with E-state index in [1.807, 2.05) is 25.1 Å². The van der Waals surface area contributed by atoms with Crippen LogP contribution in [0.4, 0.5) is 5.69 Å². The summed E-state index contributed by atoms with van der Waals surface area (Å²) in [5, 5.41) is 0.685. The highest BCUT2D eigenvalue weighted by molar-refractivity contribution is 6.31. The van der Waals surface area contributed by atoms with Crippen molar-refractivity contribution in [3.8, 4) is 0 Å². The zero-order chi connectivity index (χ0) is 11.7. The van der Waals surface area contributed by atoms with Crippen LogP contribution in [0.3, 0.4) is 0 Å². The molecular weight excluding hydrogens is 224 g/mol. The Morgan fingerprint density at radius 2 is 2.25 bits per heavy atom. The SMILES string of the molecule is Cc1ccc(N2CCCC(N)C2=O)cc1Cl. The highest BCUT2D eigenvalue weighted by Crippen LogP contribution is 2.25. The molecular formula is C12H15ClN2O. The monoisotopic (exact) mass is 238 g/mol. The van der Waals surface area contributed by atoms with Gasteiger partial charge in [0, 0.05) is 17.3 Å². The first-order valence-electron chi connectivity index (χ1n) is 5.42. The van der Waals surface area contributed by atoms with E-state index in [9.17, 15) is 4.79 Å². The lowest BCUT2D eigenvalue weighted by Gasteiger charge is -2.30. The number of hydrogen-bond acceptors (Lipinski definition) is 2. The highest BCUT2D eigenvalue weighted by Gasteiger charge is 2.26. The first kappa shape index (κ1) is 11.4. The number of nitrogens with zero attached hydrogens (tertiary/aromatic N) is 1. The average Bonchev–Trinajstić information content (AvgIpc) is 2.26. The Balaban J connectivity index is 2.29. The minimum absolute atomic E-state index is 0.00818. The molecule has 0 bridgehead atoms. The van der Waals surface area contributed by atoms with Gasteiger partial charge in [0.25, 0.3) is 0 Å². The van der Waals surface area contributed by atoms with Gasteiger partial charge in [-0.25, -0.2) is 0 Å². The second-order valence-electron chi connectivity index (χ2n) is 4.17. The van der Waals surface area contributed by atoms with E-state index in [0.29, 0.717) is 5.02 Å². The fourth-order valence-electron chi connectivity index (χ4n) is 1.91. The second-order valence-corrected chi connectivity index (χ2v) is 4.58. The molecule has 1 aromatic carbocycles. The maximum absolute atomic E-state index is 11.9. The van der Waals surface area contributed by atoms with Gasteiger partial charge in [-0.3, -0.25) is 4.79 Å². The third kappa shape index (κ3) is 2.06. The van der Waals surface area contributed by atoms with Gasteiger partial charge < -0.3 is 10.6 Å². The van der Waals surface area contributed by atoms with E-state index in [-0.39, 0.29) is 11.9 Å². The molecule has 16 heavy (non-hydrogen) atoms. The summed E-state index contributed by atoms with van der Waals surface area (Å²) in [6, 6.07) is 5.29. The van der Waals surface area contributed by atoms with E-state index in [1.165, 1.54) is 0 Å². The van der Waals surface area contributed by atoms with Gasteiger partial charge in [0.15, 0.2) is 0 Å². The van der Waals surface area contributed by atoms with Crippen LogP contribution >= 0.6 is 11.6 Å². The number of benzene rings is 1. The summed E-state index contributed by atoms with van der Waals surface area (Å²) in [6.45, 7) is 2.67. The van der Waals surface area contributed by atoms with Crippen molar-refractivity contribution >= 4 is 23.2 Å². The Morgan fingerprint density at radius 1 is 1.50 bits per heavy atom. The van der Waals surface area contributed by atoms with Crippen molar-refractivity contribution in [1.29, 1.82) is 0 Å². The van der Waals surface area contributed by atoms with E-state index < -0.39 is 0 Å². The zero-order valence-corrected chi connectivity index (χ0v) is 10.00. The van der Waals surface area contributed by atoms with Gasteiger partial charge in [-0.1, -0.05) is 17.7 Å². The first-order valence-corrected chi connectivity index (χ1v) is 5.80. The lowest BCUT2D eigenvalue weighted by Crippen LogP contribution is -2.48. The molecule has 0 radical (unpaired) electrons. The fraction of sp³-hybridized carbons (Fsp3) is 0.417. The Hall–Kier alpha value is -1.06. The first-order chi connectivity index (χ1) is 7.59. The number of piperidine rings is 1. The van der Waals surface area contributed by atoms with Gasteiger partial charge in [-0.15, -0.1) is 0 Å². The number of nitrogens with two attached hydrogens (primary N) is 1. The molecule has 86 valence electrons. The zero-order valence-electron chi connectivity index (χ0n) is 9.24. The Bertz CT molecular complexity index is 419. The summed E-state index contributed by atoms with van der Waals surface area (Å²) >= 11 is 6.05. The predicted molar refractivity (Wildman–Crippen MR) is 65.8 cm³/mol. The third-order valence-corrected chi connectivity index (χ3v) is 3.35. The smallest absolute Gasteiger partial charge is 0.243 e. The minimum atomic E-state index is -0.367. The molecule has 1 aliphatic heterocycles. The van der Waals surface area contributed by atoms with Crippen LogP contribution in [0.1, 0.15) is 18.4 Å². The number of carbonyl (C=O) groups excluding carboxylic acids is 1. The third-order valence-electron chi connectivity index (χ3n) is 2.95. The van der Waals surface area contributed by atoms with Gasteiger partial charge >= 0.3 is 0 Å². The maximum Gasteiger partial charge on any atom is 0.243 e. The number of carbonyl (C=O) groups is 1. The van der Waals surface area contributed by atoms with E-state index in [1.54, 1.807) is 4.90 Å². The standard InChI is InChI=1S/C12H15ClN2O/c1-8-4-5-9(7-10(8)13)15-6-2-3-11(14)12(15)16/h4-5,7,11H,2-3,6,14H2,1H3. The lowest BCUT2D eigenvalue weighted by atomic mass is 10.0. The molecule has 1 heterocycles. The number of amides is 1. The molecule has 1 aliphatic rings. The number of rotatable bonds is 1. The summed E-state index contributed by atoms with van der Waals surface area (Å²) in [4.78, 5) is 13.6. The lowest BCUT2D eigenvalue weighted by molar-refractivity contribution is -0.120. The Morgan fingerprint density at radius 3 is 2.94 bits per heavy atom. The number of halogens is 1. The van der Waals surface area contributed by atoms with Crippen LogP contribution in [-0.2, 0) is 4.79 Å². The maximum atomic E-state index is 11.9. The van der Waals surface area contributed by atoms with Crippen LogP contribution in [0.2, 0.25) is 5.02 Å². The van der Waals surface area contributed by atoms with Crippen LogP contribution in [0.5, 0.6) is 0 Å². The van der Waals surface area contributed by atoms with E-state index in [0.717, 1.165) is 30.6 Å². The van der Waals surface area contributed by atoms with Crippen molar-refractivity contribution < 1.29 is 4.79 Å². The van der Waals surface area contributed by atoms with Gasteiger partial charge in [0.05, 0.1) is 6.04 Å². The van der Waals surface area contributed by atoms with Crippen molar-refractivity contribution in [2.75, 3.05) is 11.4 Å². The largest absolute Gasteiger partial charge is 0.320 e. The minimum Gasteiger partial charge on any atom is -0.320 e. The highest BCUT2D eigenvalue weighted by atomic mass is 35.5. The van der Waals surface area contributed by atoms with Crippen molar-refractivity contribution in [1.82, 2.24) is 0 Å². The molecule has 0 saturated carbocycles.